The van der Waals surface area contributed by atoms with Gasteiger partial charge in [-0.05, 0) is 83.5 Å². The Balaban J connectivity index is 1.18. The number of carbonyl (C=O) groups is 5. The topological polar surface area (TPSA) is 179 Å². The molecule has 0 saturated heterocycles. The highest BCUT2D eigenvalue weighted by Gasteiger charge is 2.39. The van der Waals surface area contributed by atoms with Gasteiger partial charge in [0.15, 0.2) is 11.5 Å². The number of hydrogen-bond donors (Lipinski definition) is 2. The van der Waals surface area contributed by atoms with Gasteiger partial charge in [-0.25, -0.2) is 9.59 Å². The first-order valence-electron chi connectivity index (χ1n) is 20.5. The van der Waals surface area contributed by atoms with Gasteiger partial charge in [-0.15, -0.1) is 11.6 Å². The summed E-state index contributed by atoms with van der Waals surface area (Å²) >= 11 is 6.57. The Kier molecular flexibility index (Phi) is 15.2. The Morgan fingerprint density at radius 3 is 2.47 bits per heavy atom. The van der Waals surface area contributed by atoms with E-state index in [2.05, 4.69) is 10.3 Å². The molecule has 64 heavy (non-hydrogen) atoms. The monoisotopic (exact) mass is 936 g/mol. The molecule has 18 heteroatoms. The minimum atomic E-state index is -0.742. The van der Waals surface area contributed by atoms with E-state index in [-0.39, 0.29) is 74.0 Å². The number of para-hydroxylation sites is 1. The molecule has 0 fully saturated rings. The van der Waals surface area contributed by atoms with Crippen LogP contribution in [0, 0.1) is 6.92 Å². The zero-order valence-electron chi connectivity index (χ0n) is 37.3. The highest BCUT2D eigenvalue weighted by Crippen LogP contribution is 2.49. The summed E-state index contributed by atoms with van der Waals surface area (Å²) in [6.07, 6.45) is -0.412. The van der Waals surface area contributed by atoms with Gasteiger partial charge >= 0.3 is 18.0 Å². The fraction of sp³-hybridized carbons (Fsp3) is 0.413. The number of nitrogens with one attached hydrogen (secondary N) is 2. The molecule has 0 radical (unpaired) electrons. The van der Waals surface area contributed by atoms with Crippen molar-refractivity contribution in [2.45, 2.75) is 75.5 Å². The Bertz CT molecular complexity index is 2570. The number of anilines is 2. The van der Waals surface area contributed by atoms with Gasteiger partial charge < -0.3 is 43.3 Å². The molecule has 342 valence electrons. The second kappa shape index (κ2) is 20.2. The van der Waals surface area contributed by atoms with Crippen LogP contribution in [-0.2, 0) is 23.8 Å². The summed E-state index contributed by atoms with van der Waals surface area (Å²) in [5.41, 5.74) is 2.59. The first-order chi connectivity index (χ1) is 30.3. The largest absolute Gasteiger partial charge is 0.497 e. The number of methoxy groups -OCH3 is 2. The summed E-state index contributed by atoms with van der Waals surface area (Å²) in [7, 11) is 7.31. The molecule has 2 aromatic heterocycles. The molecule has 1 atom stereocenters. The van der Waals surface area contributed by atoms with Crippen molar-refractivity contribution in [1.29, 1.82) is 0 Å². The van der Waals surface area contributed by atoms with Crippen molar-refractivity contribution in [3.05, 3.63) is 77.2 Å². The third-order valence-corrected chi connectivity index (χ3v) is 13.9. The second-order valence-corrected chi connectivity index (χ2v) is 19.9. The standard InChI is InChI=1S/C46H53ClN4O11S2/c1-26-38(43(55)58-9)40-39-28(24-47)25-51(42(54)34-21-27-20-29(57-8)14-15-32(27)60-34)31(39)22-33(41(40)49-26)61-44(56)50(7)30-12-10-11-13-35(30)63-64-46(5,6)23-36(52)48-17-19-59-18-16-37(53)62-45(2,3)4/h10-15,20-22,28,49H,16-19,23-25H2,1-9H3,(H,48,52)/t28-/m1/s1. The zero-order chi connectivity index (χ0) is 46.5. The molecule has 3 aromatic carbocycles. The smallest absolute Gasteiger partial charge is 0.419 e. The molecule has 0 aliphatic carbocycles. The van der Waals surface area contributed by atoms with Crippen LogP contribution in [0.1, 0.15) is 85.5 Å². The number of alkyl halides is 1. The van der Waals surface area contributed by atoms with E-state index in [0.29, 0.717) is 50.3 Å². The van der Waals surface area contributed by atoms with Crippen LogP contribution in [0.5, 0.6) is 11.5 Å². The minimum Gasteiger partial charge on any atom is -0.497 e. The average molecular weight is 938 g/mol. The zero-order valence-corrected chi connectivity index (χ0v) is 39.7. The predicted octanol–water partition coefficient (Wildman–Crippen LogP) is 9.41. The lowest BCUT2D eigenvalue weighted by Gasteiger charge is -2.25. The van der Waals surface area contributed by atoms with Gasteiger partial charge in [0.05, 0.1) is 56.3 Å². The molecule has 0 unspecified atom stereocenters. The van der Waals surface area contributed by atoms with E-state index >= 15 is 0 Å². The number of aryl methyl sites for hydroxylation is 1. The number of amides is 3. The van der Waals surface area contributed by atoms with Gasteiger partial charge in [0, 0.05) is 70.5 Å². The number of nitrogens with zero attached hydrogens (tertiary/aromatic N) is 2. The lowest BCUT2D eigenvalue weighted by atomic mass is 9.95. The van der Waals surface area contributed by atoms with Gasteiger partial charge in [0.25, 0.3) is 5.91 Å². The number of aromatic amines is 1. The number of esters is 2. The van der Waals surface area contributed by atoms with Crippen LogP contribution in [-0.4, -0.2) is 98.6 Å². The second-order valence-electron chi connectivity index (χ2n) is 16.8. The van der Waals surface area contributed by atoms with Crippen molar-refractivity contribution >= 4 is 96.3 Å². The third kappa shape index (κ3) is 11.1. The first kappa shape index (κ1) is 48.1. The van der Waals surface area contributed by atoms with Crippen molar-refractivity contribution in [3.63, 3.8) is 0 Å². The summed E-state index contributed by atoms with van der Waals surface area (Å²) in [5, 5.41) is 3.98. The molecule has 0 spiro atoms. The summed E-state index contributed by atoms with van der Waals surface area (Å²) in [4.78, 5) is 73.4. The van der Waals surface area contributed by atoms with Gasteiger partial charge in [0.2, 0.25) is 5.91 Å². The predicted molar refractivity (Wildman–Crippen MR) is 250 cm³/mol. The number of fused-ring (bicyclic) bond motifs is 4. The first-order valence-corrected chi connectivity index (χ1v) is 23.2. The fourth-order valence-corrected chi connectivity index (χ4v) is 10.0. The van der Waals surface area contributed by atoms with Gasteiger partial charge in [0.1, 0.15) is 16.9 Å². The molecular formula is C46H53ClN4O11S2. The van der Waals surface area contributed by atoms with Crippen LogP contribution >= 0.6 is 33.2 Å². The van der Waals surface area contributed by atoms with Crippen LogP contribution in [0.25, 0.3) is 21.9 Å². The van der Waals surface area contributed by atoms with E-state index in [9.17, 15) is 24.0 Å². The van der Waals surface area contributed by atoms with Crippen LogP contribution < -0.4 is 24.6 Å². The number of aromatic nitrogens is 1. The van der Waals surface area contributed by atoms with E-state index in [1.807, 2.05) is 26.0 Å². The molecule has 3 amide bonds. The maximum atomic E-state index is 14.3. The van der Waals surface area contributed by atoms with Crippen molar-refractivity contribution in [2.24, 2.45) is 0 Å². The molecule has 2 N–H and O–H groups in total. The van der Waals surface area contributed by atoms with E-state index < -0.39 is 34.2 Å². The number of H-pyrrole nitrogens is 1. The Morgan fingerprint density at radius 2 is 1.77 bits per heavy atom. The lowest BCUT2D eigenvalue weighted by Crippen LogP contribution is -2.32. The van der Waals surface area contributed by atoms with E-state index in [1.165, 1.54) is 38.5 Å². The summed E-state index contributed by atoms with van der Waals surface area (Å²) < 4.78 is 33.0. The molecule has 15 nitrogen and oxygen atoms in total. The van der Waals surface area contributed by atoms with Crippen LogP contribution in [0.3, 0.4) is 0 Å². The number of carbonyl (C=O) groups excluding carboxylic acids is 5. The third-order valence-electron chi connectivity index (χ3n) is 10.2. The van der Waals surface area contributed by atoms with Crippen molar-refractivity contribution in [1.82, 2.24) is 10.3 Å². The number of halogens is 1. The van der Waals surface area contributed by atoms with Crippen LogP contribution in [0.2, 0.25) is 0 Å². The normalized spacial score (nSPS) is 13.8. The molecule has 5 aromatic rings. The van der Waals surface area contributed by atoms with Crippen molar-refractivity contribution in [2.75, 3.05) is 63.3 Å². The van der Waals surface area contributed by atoms with Gasteiger partial charge in [-0.3, -0.25) is 19.3 Å². The number of ether oxygens (including phenoxy) is 5. The maximum Gasteiger partial charge on any atom is 0.419 e. The number of benzene rings is 3. The SMILES string of the molecule is COC(=O)c1c(C)[nH]c2c(OC(=O)N(C)c3ccccc3SSC(C)(C)CC(=O)NCCOCCC(=O)OC(C)(C)C)cc3c(c12)[C@H](CCl)CN3C(=O)c1cc2cc(OC)ccc2o1. The number of furan rings is 1. The van der Waals surface area contributed by atoms with Crippen LogP contribution in [0.15, 0.2) is 63.9 Å². The molecule has 1 aliphatic heterocycles. The summed E-state index contributed by atoms with van der Waals surface area (Å²) in [6, 6.07) is 15.8. The Labute approximate surface area is 384 Å². The van der Waals surface area contributed by atoms with Crippen LogP contribution in [0.4, 0.5) is 16.2 Å². The highest BCUT2D eigenvalue weighted by atomic mass is 35.5. The quantitative estimate of drug-likeness (QED) is 0.0390. The molecule has 3 heterocycles. The lowest BCUT2D eigenvalue weighted by molar-refractivity contribution is -0.156. The minimum absolute atomic E-state index is 0.0753. The van der Waals surface area contributed by atoms with Crippen molar-refractivity contribution in [3.8, 4) is 11.5 Å². The molecule has 1 aliphatic rings. The van der Waals surface area contributed by atoms with Gasteiger partial charge in [-0.2, -0.15) is 0 Å². The molecular weight excluding hydrogens is 884 g/mol. The summed E-state index contributed by atoms with van der Waals surface area (Å²) in [5.74, 6) is -1.07. The average Bonchev–Trinajstić information content (AvgIpc) is 3.95. The van der Waals surface area contributed by atoms with E-state index in [1.54, 1.807) is 84.3 Å². The Morgan fingerprint density at radius 1 is 1.02 bits per heavy atom. The van der Waals surface area contributed by atoms with Crippen molar-refractivity contribution < 1.29 is 52.1 Å². The molecule has 6 rings (SSSR count). The summed E-state index contributed by atoms with van der Waals surface area (Å²) in [6.45, 7) is 11.9. The Hall–Kier alpha value is -5.36. The van der Waals surface area contributed by atoms with E-state index in [0.717, 1.165) is 4.90 Å². The molecule has 0 saturated carbocycles. The molecule has 0 bridgehead atoms. The number of rotatable bonds is 17. The van der Waals surface area contributed by atoms with E-state index in [4.69, 9.17) is 39.7 Å². The fourth-order valence-electron chi connectivity index (χ4n) is 7.29. The van der Waals surface area contributed by atoms with Gasteiger partial charge in [-0.1, -0.05) is 33.7 Å². The number of hydrogen-bond acceptors (Lipinski definition) is 13. The highest BCUT2D eigenvalue weighted by molar-refractivity contribution is 8.77. The maximum absolute atomic E-state index is 14.3.